The smallest absolute Gasteiger partial charge is 0.320 e. The van der Waals surface area contributed by atoms with Crippen LogP contribution in [0.3, 0.4) is 0 Å². The number of nitrogens with zero attached hydrogens (tertiary/aromatic N) is 2. The molecule has 0 bridgehead atoms. The molecule has 1 aliphatic heterocycles. The van der Waals surface area contributed by atoms with E-state index in [0.717, 1.165) is 13.0 Å². The molecule has 19 heavy (non-hydrogen) atoms. The fourth-order valence-corrected chi connectivity index (χ4v) is 2.88. The average Bonchev–Trinajstić information content (AvgIpc) is 2.37. The van der Waals surface area contributed by atoms with Crippen LogP contribution >= 0.6 is 0 Å². The lowest BCUT2D eigenvalue weighted by atomic mass is 9.85. The minimum atomic E-state index is -0.778. The molecule has 5 heteroatoms. The number of likely N-dealkylation sites (tertiary alicyclic amines) is 1. The number of carboxylic acids is 1. The Bertz CT molecular complexity index is 342. The van der Waals surface area contributed by atoms with Gasteiger partial charge in [-0.2, -0.15) is 0 Å². The number of carboxylic acid groups (broad SMARTS) is 1. The van der Waals surface area contributed by atoms with Crippen molar-refractivity contribution in [1.29, 1.82) is 0 Å². The van der Waals surface area contributed by atoms with Gasteiger partial charge in [0.2, 0.25) is 0 Å². The van der Waals surface area contributed by atoms with Crippen molar-refractivity contribution in [1.82, 2.24) is 9.80 Å². The second kappa shape index (κ2) is 6.26. The number of hydrogen-bond acceptors (Lipinski definition) is 2. The quantitative estimate of drug-likeness (QED) is 0.848. The number of urea groups is 1. The molecule has 0 unspecified atom stereocenters. The molecule has 0 aromatic heterocycles. The summed E-state index contributed by atoms with van der Waals surface area (Å²) in [4.78, 5) is 27.1. The van der Waals surface area contributed by atoms with E-state index in [2.05, 4.69) is 0 Å². The highest BCUT2D eigenvalue weighted by Crippen LogP contribution is 2.27. The molecule has 2 aliphatic rings. The van der Waals surface area contributed by atoms with Gasteiger partial charge >= 0.3 is 12.0 Å². The van der Waals surface area contributed by atoms with Crippen LogP contribution in [0.1, 0.15) is 39.0 Å². The molecule has 1 atom stereocenters. The summed E-state index contributed by atoms with van der Waals surface area (Å²) >= 11 is 0. The van der Waals surface area contributed by atoms with Crippen LogP contribution in [0.25, 0.3) is 0 Å². The molecule has 108 valence electrons. The van der Waals surface area contributed by atoms with E-state index in [-0.39, 0.29) is 11.9 Å². The standard InChI is InChI=1S/C14H24N2O3/c1-2-15(9-11-5-3-6-11)14(19)16-8-4-7-12(10-16)13(17)18/h11-12H,2-10H2,1H3,(H,17,18)/t12-/m0/s1. The van der Waals surface area contributed by atoms with Crippen LogP contribution in [0.5, 0.6) is 0 Å². The fraction of sp³-hybridized carbons (Fsp3) is 0.857. The number of carbonyl (C=O) groups is 2. The Morgan fingerprint density at radius 2 is 2.00 bits per heavy atom. The molecule has 5 nitrogen and oxygen atoms in total. The Morgan fingerprint density at radius 1 is 1.26 bits per heavy atom. The number of carbonyl (C=O) groups excluding carboxylic acids is 1. The first-order valence-electron chi connectivity index (χ1n) is 7.38. The van der Waals surface area contributed by atoms with E-state index in [9.17, 15) is 9.59 Å². The molecule has 1 aliphatic carbocycles. The van der Waals surface area contributed by atoms with Crippen molar-refractivity contribution in [3.63, 3.8) is 0 Å². The molecular formula is C14H24N2O3. The molecule has 2 rings (SSSR count). The number of rotatable bonds is 4. The third-order valence-electron chi connectivity index (χ3n) is 4.40. The van der Waals surface area contributed by atoms with Gasteiger partial charge in [-0.25, -0.2) is 4.79 Å². The summed E-state index contributed by atoms with van der Waals surface area (Å²) in [6.45, 7) is 4.61. The van der Waals surface area contributed by atoms with Gasteiger partial charge in [0.05, 0.1) is 5.92 Å². The van der Waals surface area contributed by atoms with Crippen LogP contribution in [-0.2, 0) is 4.79 Å². The summed E-state index contributed by atoms with van der Waals surface area (Å²) in [5.41, 5.74) is 0. The van der Waals surface area contributed by atoms with Gasteiger partial charge in [0.1, 0.15) is 0 Å². The molecular weight excluding hydrogens is 244 g/mol. The Hall–Kier alpha value is -1.26. The highest BCUT2D eigenvalue weighted by atomic mass is 16.4. The third kappa shape index (κ3) is 3.39. The third-order valence-corrected chi connectivity index (χ3v) is 4.40. The van der Waals surface area contributed by atoms with E-state index < -0.39 is 5.97 Å². The molecule has 0 aromatic carbocycles. The molecule has 1 saturated heterocycles. The maximum Gasteiger partial charge on any atom is 0.320 e. The van der Waals surface area contributed by atoms with Crippen molar-refractivity contribution in [3.8, 4) is 0 Å². The first-order chi connectivity index (χ1) is 9.11. The SMILES string of the molecule is CCN(CC1CCC1)C(=O)N1CCC[C@H](C(=O)O)C1. The second-order valence-electron chi connectivity index (χ2n) is 5.74. The van der Waals surface area contributed by atoms with Gasteiger partial charge in [0.15, 0.2) is 0 Å². The van der Waals surface area contributed by atoms with Gasteiger partial charge in [0, 0.05) is 26.2 Å². The van der Waals surface area contributed by atoms with E-state index >= 15 is 0 Å². The van der Waals surface area contributed by atoms with E-state index in [1.165, 1.54) is 19.3 Å². The van der Waals surface area contributed by atoms with Gasteiger partial charge in [-0.3, -0.25) is 4.79 Å². The van der Waals surface area contributed by atoms with Crippen molar-refractivity contribution < 1.29 is 14.7 Å². The van der Waals surface area contributed by atoms with E-state index in [1.54, 1.807) is 4.90 Å². The summed E-state index contributed by atoms with van der Waals surface area (Å²) in [6.07, 6.45) is 5.21. The lowest BCUT2D eigenvalue weighted by molar-refractivity contribution is -0.143. The highest BCUT2D eigenvalue weighted by molar-refractivity contribution is 5.76. The molecule has 0 spiro atoms. The molecule has 0 radical (unpaired) electrons. The summed E-state index contributed by atoms with van der Waals surface area (Å²) < 4.78 is 0. The van der Waals surface area contributed by atoms with Crippen molar-refractivity contribution >= 4 is 12.0 Å². The van der Waals surface area contributed by atoms with Crippen LogP contribution in [0.15, 0.2) is 0 Å². The predicted molar refractivity (Wildman–Crippen MR) is 71.9 cm³/mol. The van der Waals surface area contributed by atoms with Crippen LogP contribution in [0.4, 0.5) is 4.79 Å². The van der Waals surface area contributed by atoms with Crippen LogP contribution in [0, 0.1) is 11.8 Å². The van der Waals surface area contributed by atoms with Crippen LogP contribution in [0.2, 0.25) is 0 Å². The van der Waals surface area contributed by atoms with Crippen LogP contribution in [-0.4, -0.2) is 53.1 Å². The zero-order valence-corrected chi connectivity index (χ0v) is 11.7. The molecule has 1 heterocycles. The zero-order chi connectivity index (χ0) is 13.8. The summed E-state index contributed by atoms with van der Waals surface area (Å²) in [7, 11) is 0. The van der Waals surface area contributed by atoms with Gasteiger partial charge in [-0.15, -0.1) is 0 Å². The second-order valence-corrected chi connectivity index (χ2v) is 5.74. The fourth-order valence-electron chi connectivity index (χ4n) is 2.88. The molecule has 0 aromatic rings. The van der Waals surface area contributed by atoms with E-state index in [1.807, 2.05) is 11.8 Å². The lowest BCUT2D eigenvalue weighted by Crippen LogP contribution is -2.50. The van der Waals surface area contributed by atoms with Crippen molar-refractivity contribution in [2.75, 3.05) is 26.2 Å². The minimum absolute atomic E-state index is 0.0281. The van der Waals surface area contributed by atoms with E-state index in [4.69, 9.17) is 5.11 Å². The lowest BCUT2D eigenvalue weighted by Gasteiger charge is -2.37. The Morgan fingerprint density at radius 3 is 2.53 bits per heavy atom. The zero-order valence-electron chi connectivity index (χ0n) is 11.7. The maximum atomic E-state index is 12.4. The Labute approximate surface area is 114 Å². The van der Waals surface area contributed by atoms with E-state index in [0.29, 0.717) is 32.0 Å². The summed E-state index contributed by atoms with van der Waals surface area (Å²) in [5.74, 6) is -0.511. The predicted octanol–water partition coefficient (Wildman–Crippen LogP) is 2.03. The summed E-state index contributed by atoms with van der Waals surface area (Å²) in [6, 6.07) is 0.0281. The number of amides is 2. The normalized spacial score (nSPS) is 23.8. The first-order valence-corrected chi connectivity index (χ1v) is 7.38. The van der Waals surface area contributed by atoms with Gasteiger partial charge < -0.3 is 14.9 Å². The average molecular weight is 268 g/mol. The van der Waals surface area contributed by atoms with Crippen molar-refractivity contribution in [2.24, 2.45) is 11.8 Å². The number of aliphatic carboxylic acids is 1. The minimum Gasteiger partial charge on any atom is -0.481 e. The molecule has 1 N–H and O–H groups in total. The Kier molecular flexibility index (Phi) is 4.66. The summed E-state index contributed by atoms with van der Waals surface area (Å²) in [5, 5.41) is 9.07. The molecule has 2 fully saturated rings. The molecule has 1 saturated carbocycles. The largest absolute Gasteiger partial charge is 0.481 e. The van der Waals surface area contributed by atoms with Gasteiger partial charge in [0.25, 0.3) is 0 Å². The number of piperidine rings is 1. The topological polar surface area (TPSA) is 60.9 Å². The number of hydrogen-bond donors (Lipinski definition) is 1. The van der Waals surface area contributed by atoms with Crippen LogP contribution < -0.4 is 0 Å². The molecule has 2 amide bonds. The Balaban J connectivity index is 1.90. The van der Waals surface area contributed by atoms with Crippen molar-refractivity contribution in [3.05, 3.63) is 0 Å². The monoisotopic (exact) mass is 268 g/mol. The maximum absolute atomic E-state index is 12.4. The van der Waals surface area contributed by atoms with Gasteiger partial charge in [-0.1, -0.05) is 6.42 Å². The first kappa shape index (κ1) is 14.2. The van der Waals surface area contributed by atoms with Gasteiger partial charge in [-0.05, 0) is 38.5 Å². The van der Waals surface area contributed by atoms with Crippen molar-refractivity contribution in [2.45, 2.75) is 39.0 Å². The highest BCUT2D eigenvalue weighted by Gasteiger charge is 2.31.